The molecule has 0 spiro atoms. The number of hydrogen-bond acceptors (Lipinski definition) is 4. The van der Waals surface area contributed by atoms with Gasteiger partial charge in [-0.2, -0.15) is 0 Å². The van der Waals surface area contributed by atoms with Crippen LogP contribution in [0.15, 0.2) is 48.5 Å². The lowest BCUT2D eigenvalue weighted by atomic mass is 10.1. The Labute approximate surface area is 179 Å². The van der Waals surface area contributed by atoms with Crippen LogP contribution in [0.2, 0.25) is 0 Å². The first kappa shape index (κ1) is 22.0. The minimum atomic E-state index is 0.0551. The first-order chi connectivity index (χ1) is 14.7. The van der Waals surface area contributed by atoms with Gasteiger partial charge in [-0.3, -0.25) is 4.90 Å². The Morgan fingerprint density at radius 2 is 1.37 bits per heavy atom. The lowest BCUT2D eigenvalue weighted by Gasteiger charge is -2.34. The number of hydrogen-bond donors (Lipinski definition) is 1. The summed E-state index contributed by atoms with van der Waals surface area (Å²) in [7, 11) is 3.36. The van der Waals surface area contributed by atoms with Gasteiger partial charge >= 0.3 is 6.03 Å². The van der Waals surface area contributed by atoms with Gasteiger partial charge in [0.05, 0.1) is 14.2 Å². The lowest BCUT2D eigenvalue weighted by molar-refractivity contribution is 0.140. The molecule has 2 amide bonds. The Balaban J connectivity index is 1.29. The van der Waals surface area contributed by atoms with E-state index in [1.165, 1.54) is 11.1 Å². The molecule has 6 heteroatoms. The second-order valence-electron chi connectivity index (χ2n) is 7.61. The fraction of sp³-hybridized carbons (Fsp3) is 0.458. The van der Waals surface area contributed by atoms with Gasteiger partial charge in [-0.15, -0.1) is 0 Å². The highest BCUT2D eigenvalue weighted by molar-refractivity contribution is 5.74. The summed E-state index contributed by atoms with van der Waals surface area (Å²) in [5.41, 5.74) is 2.57. The highest BCUT2D eigenvalue weighted by Crippen LogP contribution is 2.13. The molecule has 6 nitrogen and oxygen atoms in total. The standard InChI is InChI=1S/C24H33N3O3/c1-29-22-9-5-20(6-10-22)4-3-14-25-24(28)27-18-16-26(17-19-27)15-13-21-7-11-23(30-2)12-8-21/h5-12H,3-4,13-19H2,1-2H3,(H,25,28). The number of carbonyl (C=O) groups is 1. The van der Waals surface area contributed by atoms with Crippen LogP contribution in [0.1, 0.15) is 17.5 Å². The molecule has 0 unspecified atom stereocenters. The van der Waals surface area contributed by atoms with E-state index >= 15 is 0 Å². The van der Waals surface area contributed by atoms with E-state index in [4.69, 9.17) is 9.47 Å². The molecular formula is C24H33N3O3. The quantitative estimate of drug-likeness (QED) is 0.644. The summed E-state index contributed by atoms with van der Waals surface area (Å²) in [5.74, 6) is 1.76. The first-order valence-electron chi connectivity index (χ1n) is 10.7. The van der Waals surface area contributed by atoms with Crippen molar-refractivity contribution in [2.24, 2.45) is 0 Å². The molecule has 1 saturated heterocycles. The number of urea groups is 1. The first-order valence-corrected chi connectivity index (χ1v) is 10.7. The zero-order valence-electron chi connectivity index (χ0n) is 18.1. The molecule has 1 aliphatic rings. The van der Waals surface area contributed by atoms with Gasteiger partial charge in [-0.1, -0.05) is 24.3 Å². The number of carbonyl (C=O) groups excluding carboxylic acids is 1. The zero-order valence-corrected chi connectivity index (χ0v) is 18.1. The monoisotopic (exact) mass is 411 g/mol. The van der Waals surface area contributed by atoms with Crippen LogP contribution in [0.25, 0.3) is 0 Å². The normalized spacial score (nSPS) is 14.4. The van der Waals surface area contributed by atoms with Crippen LogP contribution in [0, 0.1) is 0 Å². The molecule has 1 fully saturated rings. The summed E-state index contributed by atoms with van der Waals surface area (Å²) in [4.78, 5) is 16.8. The molecule has 0 atom stereocenters. The minimum Gasteiger partial charge on any atom is -0.497 e. The van der Waals surface area contributed by atoms with E-state index in [0.29, 0.717) is 6.54 Å². The van der Waals surface area contributed by atoms with Gasteiger partial charge in [-0.05, 0) is 54.7 Å². The van der Waals surface area contributed by atoms with Gasteiger partial charge in [0.25, 0.3) is 0 Å². The maximum Gasteiger partial charge on any atom is 0.317 e. The van der Waals surface area contributed by atoms with Gasteiger partial charge in [0.2, 0.25) is 0 Å². The summed E-state index contributed by atoms with van der Waals surface area (Å²) in [6, 6.07) is 16.4. The lowest BCUT2D eigenvalue weighted by Crippen LogP contribution is -2.52. The molecule has 2 aromatic carbocycles. The number of nitrogens with zero attached hydrogens (tertiary/aromatic N) is 2. The van der Waals surface area contributed by atoms with Crippen molar-refractivity contribution in [3.8, 4) is 11.5 Å². The van der Waals surface area contributed by atoms with Crippen molar-refractivity contribution in [2.45, 2.75) is 19.3 Å². The molecule has 0 radical (unpaired) electrons. The van der Waals surface area contributed by atoms with Crippen molar-refractivity contribution in [1.29, 1.82) is 0 Å². The van der Waals surface area contributed by atoms with Crippen LogP contribution in [0.3, 0.4) is 0 Å². The maximum absolute atomic E-state index is 12.4. The minimum absolute atomic E-state index is 0.0551. The highest BCUT2D eigenvalue weighted by Gasteiger charge is 2.20. The fourth-order valence-corrected chi connectivity index (χ4v) is 3.65. The largest absolute Gasteiger partial charge is 0.497 e. The van der Waals surface area contributed by atoms with Crippen molar-refractivity contribution in [1.82, 2.24) is 15.1 Å². The maximum atomic E-state index is 12.4. The summed E-state index contributed by atoms with van der Waals surface area (Å²) in [6.45, 7) is 5.14. The number of piperazine rings is 1. The van der Waals surface area contributed by atoms with Crippen LogP contribution in [0.4, 0.5) is 4.79 Å². The molecule has 0 aliphatic carbocycles. The summed E-state index contributed by atoms with van der Waals surface area (Å²) >= 11 is 0. The predicted octanol–water partition coefficient (Wildman–Crippen LogP) is 3.21. The van der Waals surface area contributed by atoms with Crippen molar-refractivity contribution in [2.75, 3.05) is 53.5 Å². The van der Waals surface area contributed by atoms with Crippen LogP contribution in [-0.4, -0.2) is 69.3 Å². The van der Waals surface area contributed by atoms with Crippen molar-refractivity contribution in [3.05, 3.63) is 59.7 Å². The molecule has 0 bridgehead atoms. The molecule has 1 heterocycles. The van der Waals surface area contributed by atoms with Crippen molar-refractivity contribution in [3.63, 3.8) is 0 Å². The smallest absolute Gasteiger partial charge is 0.317 e. The number of rotatable bonds is 9. The van der Waals surface area contributed by atoms with Gasteiger partial charge in [0.1, 0.15) is 11.5 Å². The number of methoxy groups -OCH3 is 2. The molecule has 1 aliphatic heterocycles. The molecule has 1 N–H and O–H groups in total. The fourth-order valence-electron chi connectivity index (χ4n) is 3.65. The van der Waals surface area contributed by atoms with Gasteiger partial charge in [0, 0.05) is 39.3 Å². The van der Waals surface area contributed by atoms with Crippen LogP contribution < -0.4 is 14.8 Å². The van der Waals surface area contributed by atoms with E-state index in [1.54, 1.807) is 14.2 Å². The molecule has 0 saturated carbocycles. The number of aryl methyl sites for hydroxylation is 1. The number of ether oxygens (including phenoxy) is 2. The SMILES string of the molecule is COc1ccc(CCCNC(=O)N2CCN(CCc3ccc(OC)cc3)CC2)cc1. The van der Waals surface area contributed by atoms with E-state index in [0.717, 1.165) is 63.5 Å². The second-order valence-corrected chi connectivity index (χ2v) is 7.61. The number of nitrogens with one attached hydrogen (secondary N) is 1. The van der Waals surface area contributed by atoms with E-state index in [9.17, 15) is 4.79 Å². The second kappa shape index (κ2) is 11.5. The average molecular weight is 412 g/mol. The topological polar surface area (TPSA) is 54.0 Å². The average Bonchev–Trinajstić information content (AvgIpc) is 2.81. The van der Waals surface area contributed by atoms with Crippen molar-refractivity contribution < 1.29 is 14.3 Å². The molecule has 2 aromatic rings. The number of amides is 2. The van der Waals surface area contributed by atoms with Crippen LogP contribution >= 0.6 is 0 Å². The van der Waals surface area contributed by atoms with E-state index < -0.39 is 0 Å². The Morgan fingerprint density at radius 3 is 1.90 bits per heavy atom. The molecule has 162 valence electrons. The van der Waals surface area contributed by atoms with E-state index in [-0.39, 0.29) is 6.03 Å². The summed E-state index contributed by atoms with van der Waals surface area (Å²) in [5, 5.41) is 3.06. The third kappa shape index (κ3) is 6.66. The summed E-state index contributed by atoms with van der Waals surface area (Å²) < 4.78 is 10.4. The Morgan fingerprint density at radius 1 is 0.833 bits per heavy atom. The Hall–Kier alpha value is -2.73. The number of benzene rings is 2. The van der Waals surface area contributed by atoms with E-state index in [1.807, 2.05) is 29.2 Å². The van der Waals surface area contributed by atoms with Crippen molar-refractivity contribution >= 4 is 6.03 Å². The predicted molar refractivity (Wildman–Crippen MR) is 119 cm³/mol. The molecular weight excluding hydrogens is 378 g/mol. The highest BCUT2D eigenvalue weighted by atomic mass is 16.5. The van der Waals surface area contributed by atoms with Crippen LogP contribution in [-0.2, 0) is 12.8 Å². The third-order valence-corrected chi connectivity index (χ3v) is 5.61. The molecule has 30 heavy (non-hydrogen) atoms. The van der Waals surface area contributed by atoms with Gasteiger partial charge < -0.3 is 19.7 Å². The Bertz CT molecular complexity index is 769. The van der Waals surface area contributed by atoms with Crippen LogP contribution in [0.5, 0.6) is 11.5 Å². The van der Waals surface area contributed by atoms with E-state index in [2.05, 4.69) is 34.5 Å². The molecule has 3 rings (SSSR count). The third-order valence-electron chi connectivity index (χ3n) is 5.61. The Kier molecular flexibility index (Phi) is 8.39. The summed E-state index contributed by atoms with van der Waals surface area (Å²) in [6.07, 6.45) is 2.89. The van der Waals surface area contributed by atoms with Gasteiger partial charge in [-0.25, -0.2) is 4.79 Å². The molecule has 0 aromatic heterocycles. The van der Waals surface area contributed by atoms with Gasteiger partial charge in [0.15, 0.2) is 0 Å². The zero-order chi connectivity index (χ0) is 21.2.